The summed E-state index contributed by atoms with van der Waals surface area (Å²) < 4.78 is 33.7. The number of cyclic esters (lactones) is 1. The molecule has 5 N–H and O–H groups in total. The number of nitrogens with one attached hydrogen (secondary N) is 2. The predicted molar refractivity (Wildman–Crippen MR) is 249 cm³/mol. The molecule has 4 heterocycles. The number of anilines is 1. The van der Waals surface area contributed by atoms with E-state index in [1.54, 1.807) is 36.6 Å². The SMILES string of the molecule is C=CCCC(=O)NC[C@@H]1C[C@H](N(C)C)[C@@H](O)C(O[C@@H]2[C@H](C)C(=O)[C@@H](C)C(=O)O[C@H](CC)[C@@]3(C)OC(=O)N(CCCCn4cc(-c5cccc(N)c5)nn4)C3[C@@H](C)NC[C@H](C)C[C@@]2(C)OC)O1. The van der Waals surface area contributed by atoms with E-state index in [-0.39, 0.29) is 30.8 Å². The van der Waals surface area contributed by atoms with Crippen LogP contribution in [0, 0.1) is 17.8 Å². The third-order valence-corrected chi connectivity index (χ3v) is 13.8. The molecule has 18 heteroatoms. The number of carbonyl (C=O) groups is 4. The number of nitrogens with zero attached hydrogens (tertiary/aromatic N) is 5. The maximum absolute atomic E-state index is 14.6. The van der Waals surface area contributed by atoms with Gasteiger partial charge in [0.25, 0.3) is 0 Å². The number of aliphatic hydroxyl groups is 1. The molecular formula is C48H76N8O10. The molecule has 18 nitrogen and oxygen atoms in total. The molecular weight excluding hydrogens is 849 g/mol. The van der Waals surface area contributed by atoms with Crippen molar-refractivity contribution in [2.45, 2.75) is 160 Å². The van der Waals surface area contributed by atoms with Gasteiger partial charge in [-0.15, -0.1) is 11.7 Å². The van der Waals surface area contributed by atoms with E-state index in [1.165, 1.54) is 6.92 Å². The number of rotatable bonds is 16. The zero-order chi connectivity index (χ0) is 48.5. The summed E-state index contributed by atoms with van der Waals surface area (Å²) in [6, 6.07) is 6.19. The summed E-state index contributed by atoms with van der Waals surface area (Å²) in [6.45, 7) is 18.1. The molecule has 66 heavy (non-hydrogen) atoms. The number of nitrogens with two attached hydrogens (primary N) is 1. The summed E-state index contributed by atoms with van der Waals surface area (Å²) in [5, 5.41) is 27.0. The molecule has 2 aromatic rings. The zero-order valence-electron chi connectivity index (χ0n) is 40.7. The highest BCUT2D eigenvalue weighted by molar-refractivity contribution is 6.00. The number of nitrogen functional groups attached to an aromatic ring is 1. The Labute approximate surface area is 390 Å². The maximum Gasteiger partial charge on any atom is 0.410 e. The lowest BCUT2D eigenvalue weighted by atomic mass is 9.78. The summed E-state index contributed by atoms with van der Waals surface area (Å²) in [4.78, 5) is 58.8. The van der Waals surface area contributed by atoms with E-state index in [1.807, 2.05) is 70.2 Å². The number of ether oxygens (including phenoxy) is 5. The van der Waals surface area contributed by atoms with Gasteiger partial charge in [-0.3, -0.25) is 24.0 Å². The average Bonchev–Trinajstić information content (AvgIpc) is 3.87. The van der Waals surface area contributed by atoms with Crippen molar-refractivity contribution in [2.75, 3.05) is 46.6 Å². The van der Waals surface area contributed by atoms with Gasteiger partial charge in [-0.1, -0.05) is 44.2 Å². The molecule has 5 rings (SSSR count). The Bertz CT molecular complexity index is 1970. The minimum Gasteiger partial charge on any atom is -0.458 e. The van der Waals surface area contributed by atoms with Gasteiger partial charge < -0.3 is 50.1 Å². The highest BCUT2D eigenvalue weighted by Gasteiger charge is 2.59. The van der Waals surface area contributed by atoms with Crippen LogP contribution in [0.5, 0.6) is 0 Å². The van der Waals surface area contributed by atoms with Crippen LogP contribution >= 0.6 is 0 Å². The molecule has 0 spiro atoms. The Morgan fingerprint density at radius 2 is 1.88 bits per heavy atom. The number of aryl methyl sites for hydroxylation is 1. The van der Waals surface area contributed by atoms with Crippen molar-refractivity contribution in [3.8, 4) is 11.3 Å². The molecule has 0 aliphatic carbocycles. The molecule has 2 amide bonds. The molecule has 3 saturated heterocycles. The quantitative estimate of drug-likeness (QED) is 0.0605. The van der Waals surface area contributed by atoms with Crippen LogP contribution < -0.4 is 16.4 Å². The number of aromatic nitrogens is 3. The molecule has 1 aromatic carbocycles. The number of hydrogen-bond acceptors (Lipinski definition) is 15. The lowest BCUT2D eigenvalue weighted by Crippen LogP contribution is -2.61. The number of allylic oxidation sites excluding steroid dienone is 1. The molecule has 0 radical (unpaired) electrons. The first kappa shape index (κ1) is 52.5. The Balaban J connectivity index is 1.37. The van der Waals surface area contributed by atoms with Crippen LogP contribution in [0.2, 0.25) is 0 Å². The van der Waals surface area contributed by atoms with E-state index in [0.29, 0.717) is 69.5 Å². The van der Waals surface area contributed by atoms with Crippen molar-refractivity contribution in [2.24, 2.45) is 17.8 Å². The van der Waals surface area contributed by atoms with Crippen molar-refractivity contribution >= 4 is 29.4 Å². The Morgan fingerprint density at radius 3 is 2.55 bits per heavy atom. The number of carbonyl (C=O) groups excluding carboxylic acids is 4. The molecule has 2 unspecified atom stereocenters. The van der Waals surface area contributed by atoms with E-state index >= 15 is 0 Å². The number of benzene rings is 1. The third-order valence-electron chi connectivity index (χ3n) is 13.8. The van der Waals surface area contributed by atoms with Crippen LogP contribution in [0.1, 0.15) is 93.4 Å². The van der Waals surface area contributed by atoms with Gasteiger partial charge in [0.15, 0.2) is 17.7 Å². The van der Waals surface area contributed by atoms with Crippen molar-refractivity contribution in [1.29, 1.82) is 0 Å². The van der Waals surface area contributed by atoms with Crippen LogP contribution in [-0.2, 0) is 44.6 Å². The number of unbranched alkanes of at least 4 members (excludes halogenated alkanes) is 1. The summed E-state index contributed by atoms with van der Waals surface area (Å²) in [5.41, 5.74) is 5.80. The molecule has 3 aliphatic rings. The summed E-state index contributed by atoms with van der Waals surface area (Å²) in [5.74, 6) is -3.61. The van der Waals surface area contributed by atoms with E-state index in [0.717, 1.165) is 5.56 Å². The molecule has 368 valence electrons. The van der Waals surface area contributed by atoms with Gasteiger partial charge in [0.1, 0.15) is 23.8 Å². The number of amides is 2. The summed E-state index contributed by atoms with van der Waals surface area (Å²) in [7, 11) is 5.27. The van der Waals surface area contributed by atoms with Crippen molar-refractivity contribution < 1.29 is 48.0 Å². The Hall–Kier alpha value is -4.46. The predicted octanol–water partition coefficient (Wildman–Crippen LogP) is 4.35. The fourth-order valence-electron chi connectivity index (χ4n) is 10.0. The monoisotopic (exact) mass is 925 g/mol. The normalized spacial score (nSPS) is 33.7. The van der Waals surface area contributed by atoms with Gasteiger partial charge in [-0.25, -0.2) is 4.79 Å². The van der Waals surface area contributed by atoms with Crippen molar-refractivity contribution in [3.05, 3.63) is 43.1 Å². The number of likely N-dealkylation sites (N-methyl/N-ethyl adjacent to an activating group) is 1. The molecule has 0 bridgehead atoms. The topological polar surface area (TPSA) is 222 Å². The van der Waals surface area contributed by atoms with Crippen molar-refractivity contribution in [3.63, 3.8) is 0 Å². The molecule has 1 aromatic heterocycles. The zero-order valence-corrected chi connectivity index (χ0v) is 40.7. The van der Waals surface area contributed by atoms with Crippen LogP contribution in [0.3, 0.4) is 0 Å². The van der Waals surface area contributed by atoms with E-state index in [2.05, 4.69) is 34.4 Å². The molecule has 13 atom stereocenters. The highest BCUT2D eigenvalue weighted by Crippen LogP contribution is 2.40. The van der Waals surface area contributed by atoms with Crippen molar-refractivity contribution in [1.82, 2.24) is 35.4 Å². The number of ketones is 1. The standard InChI is InChI=1S/C48H76N8O10/c1-12-14-20-39(57)51-27-35-24-37(54(9)10)41(59)45(63-35)65-43-30(4)40(58)31(5)44(60)64-38(13-2)48(8)42(32(6)50-26-29(3)25-47(43,7)62-11)56(46(61)66-48)22-16-15-21-55-28-36(52-53-55)33-18-17-19-34(49)23-33/h12,17-19,23,28-32,35,37-38,41-43,45,50,59H,1,13-16,20-22,24-27,49H2,2-11H3,(H,51,57)/t29-,30-,31-,32-,35+,37+,38-,41-,42?,43-,45?,47-,48-/m1/s1. The summed E-state index contributed by atoms with van der Waals surface area (Å²) in [6.07, 6.45) is 1.60. The molecule has 3 fully saturated rings. The third kappa shape index (κ3) is 12.3. The van der Waals surface area contributed by atoms with Gasteiger partial charge in [0.05, 0.1) is 30.0 Å². The van der Waals surface area contributed by atoms with Gasteiger partial charge in [0, 0.05) is 62.4 Å². The number of methoxy groups -OCH3 is 1. The second-order valence-electron chi connectivity index (χ2n) is 19.2. The molecule has 3 aliphatic heterocycles. The smallest absolute Gasteiger partial charge is 0.410 e. The lowest BCUT2D eigenvalue weighted by molar-refractivity contribution is -0.296. The van der Waals surface area contributed by atoms with E-state index < -0.39 is 83.7 Å². The first-order valence-corrected chi connectivity index (χ1v) is 23.6. The first-order chi connectivity index (χ1) is 31.3. The van der Waals surface area contributed by atoms with Gasteiger partial charge >= 0.3 is 12.1 Å². The van der Waals surface area contributed by atoms with Gasteiger partial charge in [-0.05, 0) is 105 Å². The average molecular weight is 925 g/mol. The van der Waals surface area contributed by atoms with E-state index in [9.17, 15) is 24.3 Å². The summed E-state index contributed by atoms with van der Waals surface area (Å²) >= 11 is 0. The lowest BCUT2D eigenvalue weighted by Gasteiger charge is -2.47. The first-order valence-electron chi connectivity index (χ1n) is 23.6. The Kier molecular flexibility index (Phi) is 18.3. The number of Topliss-reactive ketones (excluding diaryl/α,β-unsaturated/α-hetero) is 1. The Morgan fingerprint density at radius 1 is 1.15 bits per heavy atom. The second-order valence-corrected chi connectivity index (χ2v) is 19.2. The van der Waals surface area contributed by atoms with Crippen LogP contribution in [0.4, 0.5) is 10.5 Å². The maximum atomic E-state index is 14.6. The number of aliphatic hydroxyl groups excluding tert-OH is 1. The van der Waals surface area contributed by atoms with Gasteiger partial charge in [0.2, 0.25) is 5.91 Å². The second kappa shape index (κ2) is 23.0. The fourth-order valence-corrected chi connectivity index (χ4v) is 10.0. The largest absolute Gasteiger partial charge is 0.458 e. The van der Waals surface area contributed by atoms with Crippen LogP contribution in [0.15, 0.2) is 43.1 Å². The fraction of sp³-hybridized carbons (Fsp3) is 0.708. The molecule has 0 saturated carbocycles. The minimum absolute atomic E-state index is 0.0731. The van der Waals surface area contributed by atoms with Gasteiger partial charge in [-0.2, -0.15) is 0 Å². The van der Waals surface area contributed by atoms with E-state index in [4.69, 9.17) is 29.4 Å². The number of hydrogen-bond donors (Lipinski definition) is 4. The van der Waals surface area contributed by atoms with Crippen LogP contribution in [-0.4, -0.2) is 155 Å². The number of fused-ring (bicyclic) bond motifs is 1. The van der Waals surface area contributed by atoms with Crippen LogP contribution in [0.25, 0.3) is 11.3 Å². The minimum atomic E-state index is -1.27. The highest BCUT2D eigenvalue weighted by atomic mass is 16.7. The number of esters is 1.